The molecular weight excluding hydrogens is 370 g/mol. The number of ether oxygens (including phenoxy) is 1. The molecule has 1 aliphatic heterocycles. The average Bonchev–Trinajstić information content (AvgIpc) is 2.59. The second-order valence-corrected chi connectivity index (χ2v) is 7.69. The highest BCUT2D eigenvalue weighted by Crippen LogP contribution is 2.23. The van der Waals surface area contributed by atoms with Gasteiger partial charge in [0.05, 0.1) is 25.3 Å². The smallest absolute Gasteiger partial charge is 0.318 e. The Morgan fingerprint density at radius 3 is 2.63 bits per heavy atom. The van der Waals surface area contributed by atoms with Gasteiger partial charge < -0.3 is 20.1 Å². The number of likely N-dealkylation sites (N-methyl/N-ethyl adjacent to an activating group) is 1. The average molecular weight is 398 g/mol. The van der Waals surface area contributed by atoms with Crippen LogP contribution in [0.4, 0.5) is 4.79 Å². The van der Waals surface area contributed by atoms with Crippen LogP contribution in [0.15, 0.2) is 24.3 Å². The maximum atomic E-state index is 12.8. The molecule has 7 nitrogen and oxygen atoms in total. The van der Waals surface area contributed by atoms with Crippen LogP contribution < -0.4 is 5.32 Å². The lowest BCUT2D eigenvalue weighted by Gasteiger charge is -2.36. The molecular formula is C19H28ClN3O4. The van der Waals surface area contributed by atoms with E-state index >= 15 is 0 Å². The Hall–Kier alpha value is -1.83. The van der Waals surface area contributed by atoms with E-state index in [4.69, 9.17) is 21.4 Å². The van der Waals surface area contributed by atoms with Crippen LogP contribution >= 0.6 is 11.6 Å². The Bertz CT molecular complexity index is 638. The van der Waals surface area contributed by atoms with E-state index in [0.717, 1.165) is 5.56 Å². The third-order valence-electron chi connectivity index (χ3n) is 4.52. The Kier molecular flexibility index (Phi) is 7.89. The lowest BCUT2D eigenvalue weighted by atomic mass is 9.96. The van der Waals surface area contributed by atoms with Crippen LogP contribution in [0.25, 0.3) is 0 Å². The number of rotatable bonds is 7. The molecule has 2 N–H and O–H groups in total. The lowest BCUT2D eigenvalue weighted by Crippen LogP contribution is -2.53. The zero-order valence-corrected chi connectivity index (χ0v) is 16.8. The summed E-state index contributed by atoms with van der Waals surface area (Å²) in [4.78, 5) is 27.0. The van der Waals surface area contributed by atoms with E-state index < -0.39 is 5.97 Å². The van der Waals surface area contributed by atoms with Crippen LogP contribution in [-0.4, -0.2) is 72.8 Å². The van der Waals surface area contributed by atoms with Crippen molar-refractivity contribution in [3.63, 3.8) is 0 Å². The topological polar surface area (TPSA) is 82.1 Å². The van der Waals surface area contributed by atoms with E-state index in [1.807, 2.05) is 24.3 Å². The van der Waals surface area contributed by atoms with Crippen LogP contribution in [0.1, 0.15) is 25.5 Å². The predicted octanol–water partition coefficient (Wildman–Crippen LogP) is 2.46. The van der Waals surface area contributed by atoms with E-state index in [1.54, 1.807) is 16.8 Å². The number of amides is 2. The second-order valence-electron chi connectivity index (χ2n) is 7.25. The zero-order chi connectivity index (χ0) is 20.0. The number of carboxylic acids is 1. The number of carbonyl (C=O) groups is 2. The molecule has 1 aromatic carbocycles. The van der Waals surface area contributed by atoms with Crippen LogP contribution in [0.3, 0.4) is 0 Å². The summed E-state index contributed by atoms with van der Waals surface area (Å²) in [6.07, 6.45) is -0.207. The number of urea groups is 1. The summed E-state index contributed by atoms with van der Waals surface area (Å²) >= 11 is 5.96. The number of hydrogen-bond acceptors (Lipinski definition) is 4. The summed E-state index contributed by atoms with van der Waals surface area (Å²) < 4.78 is 5.69. The molecule has 0 spiro atoms. The van der Waals surface area contributed by atoms with Gasteiger partial charge in [-0.05, 0) is 30.7 Å². The number of nitrogens with zero attached hydrogens (tertiary/aromatic N) is 2. The van der Waals surface area contributed by atoms with E-state index in [0.29, 0.717) is 31.3 Å². The van der Waals surface area contributed by atoms with Crippen LogP contribution in [0.2, 0.25) is 5.02 Å². The first-order chi connectivity index (χ1) is 12.8. The highest BCUT2D eigenvalue weighted by atomic mass is 35.5. The van der Waals surface area contributed by atoms with Gasteiger partial charge >= 0.3 is 12.0 Å². The van der Waals surface area contributed by atoms with Crippen molar-refractivity contribution in [2.24, 2.45) is 5.92 Å². The standard InChI is InChI=1S/C19H28ClN3O4/c1-13(2)18(14-4-6-15(20)7-5-14)21-19(26)23-8-9-27-16(11-23)10-22(3)12-17(24)25/h4-7,13,16,18H,8-12H2,1-3H3,(H,21,26)(H,24,25). The third-order valence-corrected chi connectivity index (χ3v) is 4.77. The minimum atomic E-state index is -0.884. The van der Waals surface area contributed by atoms with Gasteiger partial charge in [-0.25, -0.2) is 4.79 Å². The molecule has 1 saturated heterocycles. The Labute approximate surface area is 165 Å². The molecule has 2 rings (SSSR count). The number of benzene rings is 1. The molecule has 1 aromatic rings. The van der Waals surface area contributed by atoms with Crippen molar-refractivity contribution >= 4 is 23.6 Å². The summed E-state index contributed by atoms with van der Waals surface area (Å²) in [6, 6.07) is 7.23. The van der Waals surface area contributed by atoms with Crippen molar-refractivity contribution in [3.8, 4) is 0 Å². The van der Waals surface area contributed by atoms with Gasteiger partial charge in [0, 0.05) is 24.7 Å². The van der Waals surface area contributed by atoms with E-state index in [-0.39, 0.29) is 30.6 Å². The van der Waals surface area contributed by atoms with Gasteiger partial charge in [0.15, 0.2) is 0 Å². The van der Waals surface area contributed by atoms with Crippen molar-refractivity contribution in [2.75, 3.05) is 39.8 Å². The third kappa shape index (κ3) is 6.68. The zero-order valence-electron chi connectivity index (χ0n) is 16.0. The van der Waals surface area contributed by atoms with Gasteiger partial charge in [-0.3, -0.25) is 9.69 Å². The number of hydrogen-bond donors (Lipinski definition) is 2. The number of halogens is 1. The Morgan fingerprint density at radius 1 is 1.37 bits per heavy atom. The predicted molar refractivity (Wildman–Crippen MR) is 104 cm³/mol. The molecule has 27 heavy (non-hydrogen) atoms. The molecule has 0 radical (unpaired) electrons. The molecule has 1 heterocycles. The molecule has 2 amide bonds. The van der Waals surface area contributed by atoms with E-state index in [9.17, 15) is 9.59 Å². The SMILES string of the molecule is CC(C)C(NC(=O)N1CCOC(CN(C)CC(=O)O)C1)c1ccc(Cl)cc1. The van der Waals surface area contributed by atoms with Gasteiger partial charge in [0.25, 0.3) is 0 Å². The van der Waals surface area contributed by atoms with Crippen LogP contribution in [0, 0.1) is 5.92 Å². The van der Waals surface area contributed by atoms with Gasteiger partial charge in [0.1, 0.15) is 0 Å². The minimum Gasteiger partial charge on any atom is -0.480 e. The first-order valence-corrected chi connectivity index (χ1v) is 9.47. The van der Waals surface area contributed by atoms with Gasteiger partial charge in [-0.15, -0.1) is 0 Å². The molecule has 8 heteroatoms. The Balaban J connectivity index is 1.96. The fraction of sp³-hybridized carbons (Fsp3) is 0.579. The number of carboxylic acid groups (broad SMARTS) is 1. The summed E-state index contributed by atoms with van der Waals surface area (Å²) in [5.74, 6) is -0.667. The molecule has 2 atom stereocenters. The second kappa shape index (κ2) is 9.92. The highest BCUT2D eigenvalue weighted by molar-refractivity contribution is 6.30. The van der Waals surface area contributed by atoms with E-state index in [2.05, 4.69) is 19.2 Å². The van der Waals surface area contributed by atoms with E-state index in [1.165, 1.54) is 0 Å². The quantitative estimate of drug-likeness (QED) is 0.738. The fourth-order valence-corrected chi connectivity index (χ4v) is 3.31. The Morgan fingerprint density at radius 2 is 2.04 bits per heavy atom. The van der Waals surface area contributed by atoms with Gasteiger partial charge in [-0.1, -0.05) is 37.6 Å². The van der Waals surface area contributed by atoms with Crippen molar-refractivity contribution in [2.45, 2.75) is 26.0 Å². The molecule has 150 valence electrons. The summed E-state index contributed by atoms with van der Waals surface area (Å²) in [5, 5.41) is 12.6. The fourth-order valence-electron chi connectivity index (χ4n) is 3.19. The van der Waals surface area contributed by atoms with Crippen molar-refractivity contribution in [1.82, 2.24) is 15.1 Å². The molecule has 0 aromatic heterocycles. The van der Waals surface area contributed by atoms with Crippen LogP contribution in [-0.2, 0) is 9.53 Å². The number of carbonyl (C=O) groups excluding carboxylic acids is 1. The number of morpholine rings is 1. The minimum absolute atomic E-state index is 0.0575. The van der Waals surface area contributed by atoms with Gasteiger partial charge in [-0.2, -0.15) is 0 Å². The summed E-state index contributed by atoms with van der Waals surface area (Å²) in [7, 11) is 1.73. The largest absolute Gasteiger partial charge is 0.480 e. The normalized spacial score (nSPS) is 18.6. The van der Waals surface area contributed by atoms with Crippen molar-refractivity contribution in [3.05, 3.63) is 34.9 Å². The maximum absolute atomic E-state index is 12.8. The monoisotopic (exact) mass is 397 g/mol. The molecule has 1 aliphatic rings. The first kappa shape index (κ1) is 21.5. The summed E-state index contributed by atoms with van der Waals surface area (Å²) in [6.45, 7) is 5.90. The maximum Gasteiger partial charge on any atom is 0.318 e. The lowest BCUT2D eigenvalue weighted by molar-refractivity contribution is -0.138. The molecule has 2 unspecified atom stereocenters. The number of aliphatic carboxylic acids is 1. The van der Waals surface area contributed by atoms with Crippen molar-refractivity contribution < 1.29 is 19.4 Å². The molecule has 0 aliphatic carbocycles. The van der Waals surface area contributed by atoms with Crippen molar-refractivity contribution in [1.29, 1.82) is 0 Å². The first-order valence-electron chi connectivity index (χ1n) is 9.09. The molecule has 0 bridgehead atoms. The van der Waals surface area contributed by atoms with Gasteiger partial charge in [0.2, 0.25) is 0 Å². The molecule has 1 fully saturated rings. The number of nitrogens with one attached hydrogen (secondary N) is 1. The highest BCUT2D eigenvalue weighted by Gasteiger charge is 2.28. The summed E-state index contributed by atoms with van der Waals surface area (Å²) in [5.41, 5.74) is 1.01. The molecule has 0 saturated carbocycles. The van der Waals surface area contributed by atoms with Crippen LogP contribution in [0.5, 0.6) is 0 Å².